The fourth-order valence-corrected chi connectivity index (χ4v) is 1.19. The Labute approximate surface area is 61.4 Å². The van der Waals surface area contributed by atoms with E-state index in [2.05, 4.69) is 13.0 Å². The van der Waals surface area contributed by atoms with E-state index < -0.39 is 0 Å². The first-order chi connectivity index (χ1) is 4.86. The van der Waals surface area contributed by atoms with Crippen molar-refractivity contribution >= 4 is 0 Å². The number of alkyl halides is 1. The zero-order valence-corrected chi connectivity index (χ0v) is 6.31. The molecule has 0 radical (unpaired) electrons. The molecule has 1 aliphatic carbocycles. The van der Waals surface area contributed by atoms with E-state index in [4.69, 9.17) is 0 Å². The number of allylic oxidation sites excluding steroid dienone is 4. The van der Waals surface area contributed by atoms with E-state index in [1.54, 1.807) is 0 Å². The summed E-state index contributed by atoms with van der Waals surface area (Å²) in [4.78, 5) is 0. The van der Waals surface area contributed by atoms with Gasteiger partial charge in [0.25, 0.3) is 0 Å². The Morgan fingerprint density at radius 1 is 1.70 bits per heavy atom. The average molecular weight is 140 g/mol. The molecule has 56 valence electrons. The van der Waals surface area contributed by atoms with Gasteiger partial charge in [-0.15, -0.1) is 0 Å². The normalized spacial score (nSPS) is 24.6. The van der Waals surface area contributed by atoms with Gasteiger partial charge < -0.3 is 0 Å². The quantitative estimate of drug-likeness (QED) is 0.553. The largest absolute Gasteiger partial charge is 0.246 e. The van der Waals surface area contributed by atoms with Gasteiger partial charge in [0, 0.05) is 0 Å². The summed E-state index contributed by atoms with van der Waals surface area (Å²) < 4.78 is 12.1. The number of halogens is 1. The van der Waals surface area contributed by atoms with E-state index in [-0.39, 0.29) is 6.67 Å². The average Bonchev–Trinajstić information content (AvgIpc) is 2.05. The minimum Gasteiger partial charge on any atom is -0.246 e. The van der Waals surface area contributed by atoms with E-state index >= 15 is 0 Å². The third-order valence-corrected chi connectivity index (χ3v) is 1.90. The Morgan fingerprint density at radius 3 is 3.10 bits per heavy atom. The van der Waals surface area contributed by atoms with Crippen LogP contribution < -0.4 is 0 Å². The van der Waals surface area contributed by atoms with E-state index in [0.717, 1.165) is 18.4 Å². The smallest absolute Gasteiger partial charge is 0.114 e. The van der Waals surface area contributed by atoms with Gasteiger partial charge >= 0.3 is 0 Å². The second-order valence-electron chi connectivity index (χ2n) is 2.68. The molecule has 0 spiro atoms. The van der Waals surface area contributed by atoms with Crippen molar-refractivity contribution in [2.45, 2.75) is 19.8 Å². The van der Waals surface area contributed by atoms with Crippen LogP contribution in [0.5, 0.6) is 0 Å². The highest BCUT2D eigenvalue weighted by atomic mass is 19.1. The van der Waals surface area contributed by atoms with Crippen molar-refractivity contribution in [2.75, 3.05) is 6.67 Å². The van der Waals surface area contributed by atoms with Gasteiger partial charge in [0.1, 0.15) is 6.67 Å². The lowest BCUT2D eigenvalue weighted by molar-refractivity contribution is 0.536. The van der Waals surface area contributed by atoms with Crippen molar-refractivity contribution in [3.05, 3.63) is 23.8 Å². The molecule has 10 heavy (non-hydrogen) atoms. The topological polar surface area (TPSA) is 0 Å². The van der Waals surface area contributed by atoms with Gasteiger partial charge in [-0.3, -0.25) is 0 Å². The third kappa shape index (κ3) is 1.69. The van der Waals surface area contributed by atoms with Crippen molar-refractivity contribution in [3.63, 3.8) is 0 Å². The molecule has 0 heterocycles. The van der Waals surface area contributed by atoms with Gasteiger partial charge in [0.15, 0.2) is 0 Å². The second-order valence-corrected chi connectivity index (χ2v) is 2.68. The lowest BCUT2D eigenvalue weighted by atomic mass is 9.95. The molecule has 0 aromatic heterocycles. The van der Waals surface area contributed by atoms with Crippen molar-refractivity contribution in [1.82, 2.24) is 0 Å². The van der Waals surface area contributed by atoms with Crippen LogP contribution >= 0.6 is 0 Å². The predicted molar refractivity (Wildman–Crippen MR) is 41.6 cm³/mol. The number of hydrogen-bond donors (Lipinski definition) is 0. The minimum atomic E-state index is -0.312. The maximum atomic E-state index is 12.1. The zero-order chi connectivity index (χ0) is 7.40. The molecule has 1 unspecified atom stereocenters. The molecule has 0 aliphatic heterocycles. The SMILES string of the molecule is CCC1C=C(CF)C=CC1. The summed E-state index contributed by atoms with van der Waals surface area (Å²) >= 11 is 0. The number of hydrogen-bond acceptors (Lipinski definition) is 0. The van der Waals surface area contributed by atoms with E-state index in [1.165, 1.54) is 0 Å². The minimum absolute atomic E-state index is 0.312. The van der Waals surface area contributed by atoms with Gasteiger partial charge in [0.05, 0.1) is 0 Å². The second kappa shape index (κ2) is 3.55. The molecule has 0 amide bonds. The lowest BCUT2D eigenvalue weighted by Crippen LogP contribution is -1.99. The fourth-order valence-electron chi connectivity index (χ4n) is 1.19. The molecular formula is C9H13F. The Morgan fingerprint density at radius 2 is 2.50 bits per heavy atom. The van der Waals surface area contributed by atoms with E-state index in [1.807, 2.05) is 12.2 Å². The maximum absolute atomic E-state index is 12.1. The summed E-state index contributed by atoms with van der Waals surface area (Å²) in [6.45, 7) is 1.82. The predicted octanol–water partition coefficient (Wildman–Crippen LogP) is 2.87. The summed E-state index contributed by atoms with van der Waals surface area (Å²) in [7, 11) is 0. The molecule has 1 atom stereocenters. The highest BCUT2D eigenvalue weighted by Crippen LogP contribution is 2.19. The molecule has 1 aliphatic rings. The van der Waals surface area contributed by atoms with Gasteiger partial charge in [-0.2, -0.15) is 0 Å². The van der Waals surface area contributed by atoms with Crippen molar-refractivity contribution in [3.8, 4) is 0 Å². The summed E-state index contributed by atoms with van der Waals surface area (Å²) in [6, 6.07) is 0. The van der Waals surface area contributed by atoms with Crippen LogP contribution in [0.15, 0.2) is 23.8 Å². The summed E-state index contributed by atoms with van der Waals surface area (Å²) in [6.07, 6.45) is 8.18. The monoisotopic (exact) mass is 140 g/mol. The van der Waals surface area contributed by atoms with E-state index in [9.17, 15) is 4.39 Å². The molecular weight excluding hydrogens is 127 g/mol. The Hall–Kier alpha value is -0.590. The highest BCUT2D eigenvalue weighted by Gasteiger charge is 2.05. The highest BCUT2D eigenvalue weighted by molar-refractivity contribution is 5.23. The van der Waals surface area contributed by atoms with E-state index in [0.29, 0.717) is 5.92 Å². The summed E-state index contributed by atoms with van der Waals surface area (Å²) in [5, 5.41) is 0. The zero-order valence-electron chi connectivity index (χ0n) is 6.31. The standard InChI is InChI=1S/C9H13F/c1-2-8-4-3-5-9(6-8)7-10/h3,5-6,8H,2,4,7H2,1H3. The fraction of sp³-hybridized carbons (Fsp3) is 0.556. The van der Waals surface area contributed by atoms with Crippen LogP contribution in [0.2, 0.25) is 0 Å². The summed E-state index contributed by atoms with van der Waals surface area (Å²) in [5.74, 6) is 0.579. The molecule has 0 saturated heterocycles. The molecule has 0 aromatic rings. The van der Waals surface area contributed by atoms with Crippen molar-refractivity contribution in [2.24, 2.45) is 5.92 Å². The maximum Gasteiger partial charge on any atom is 0.114 e. The van der Waals surface area contributed by atoms with Gasteiger partial charge in [-0.05, 0) is 24.3 Å². The number of rotatable bonds is 2. The van der Waals surface area contributed by atoms with Gasteiger partial charge in [-0.1, -0.05) is 25.2 Å². The molecule has 1 rings (SSSR count). The summed E-state index contributed by atoms with van der Waals surface area (Å²) in [5.41, 5.74) is 0.845. The van der Waals surface area contributed by atoms with Crippen LogP contribution in [0.3, 0.4) is 0 Å². The molecule has 0 saturated carbocycles. The first-order valence-electron chi connectivity index (χ1n) is 3.80. The van der Waals surface area contributed by atoms with Crippen LogP contribution in [-0.2, 0) is 0 Å². The van der Waals surface area contributed by atoms with Gasteiger partial charge in [0.2, 0.25) is 0 Å². The lowest BCUT2D eigenvalue weighted by Gasteiger charge is -2.12. The van der Waals surface area contributed by atoms with Crippen LogP contribution in [0.4, 0.5) is 4.39 Å². The first-order valence-corrected chi connectivity index (χ1v) is 3.80. The van der Waals surface area contributed by atoms with Crippen LogP contribution in [-0.4, -0.2) is 6.67 Å². The third-order valence-electron chi connectivity index (χ3n) is 1.90. The van der Waals surface area contributed by atoms with Crippen LogP contribution in [0.25, 0.3) is 0 Å². The van der Waals surface area contributed by atoms with Crippen LogP contribution in [0, 0.1) is 5.92 Å². The van der Waals surface area contributed by atoms with Crippen molar-refractivity contribution in [1.29, 1.82) is 0 Å². The van der Waals surface area contributed by atoms with Crippen molar-refractivity contribution < 1.29 is 4.39 Å². The molecule has 0 aromatic carbocycles. The molecule has 0 N–H and O–H groups in total. The molecule has 1 heteroatoms. The Balaban J connectivity index is 2.56. The molecule has 0 nitrogen and oxygen atoms in total. The van der Waals surface area contributed by atoms with Gasteiger partial charge in [-0.25, -0.2) is 4.39 Å². The Kier molecular flexibility index (Phi) is 2.67. The first kappa shape index (κ1) is 7.52. The Bertz CT molecular complexity index is 156. The van der Waals surface area contributed by atoms with Crippen LogP contribution in [0.1, 0.15) is 19.8 Å². The molecule has 0 fully saturated rings. The molecule has 0 bridgehead atoms.